The number of rotatable bonds is 6. The van der Waals surface area contributed by atoms with Gasteiger partial charge in [0.25, 0.3) is 0 Å². The Bertz CT molecular complexity index is 529. The average molecular weight is 287 g/mol. The van der Waals surface area contributed by atoms with E-state index in [2.05, 4.69) is 5.32 Å². The van der Waals surface area contributed by atoms with E-state index in [9.17, 15) is 9.59 Å². The lowest BCUT2D eigenvalue weighted by atomic mass is 10.1. The lowest BCUT2D eigenvalue weighted by Crippen LogP contribution is -2.43. The lowest BCUT2D eigenvalue weighted by Gasteiger charge is -2.21. The predicted octanol–water partition coefficient (Wildman–Crippen LogP) is 1.47. The van der Waals surface area contributed by atoms with E-state index in [1.54, 1.807) is 24.3 Å². The van der Waals surface area contributed by atoms with Crippen molar-refractivity contribution in [2.75, 3.05) is 13.1 Å². The van der Waals surface area contributed by atoms with Crippen molar-refractivity contribution in [2.24, 2.45) is 0 Å². The van der Waals surface area contributed by atoms with Crippen LogP contribution in [0.5, 0.6) is 0 Å². The van der Waals surface area contributed by atoms with E-state index in [1.165, 1.54) is 4.90 Å². The van der Waals surface area contributed by atoms with Crippen molar-refractivity contribution in [1.29, 1.82) is 5.26 Å². The molecule has 1 aromatic carbocycles. The highest BCUT2D eigenvalue weighted by Crippen LogP contribution is 2.06. The molecule has 0 atom stereocenters. The Kier molecular flexibility index (Phi) is 6.41. The van der Waals surface area contributed by atoms with Gasteiger partial charge in [0.05, 0.1) is 24.6 Å². The average Bonchev–Trinajstić information content (AvgIpc) is 2.44. The monoisotopic (exact) mass is 287 g/mol. The minimum absolute atomic E-state index is 0.0600. The van der Waals surface area contributed by atoms with E-state index in [-0.39, 0.29) is 30.8 Å². The van der Waals surface area contributed by atoms with E-state index in [4.69, 9.17) is 5.26 Å². The quantitative estimate of drug-likeness (QED) is 0.861. The Balaban J connectivity index is 2.62. The molecular weight excluding hydrogens is 266 g/mol. The summed E-state index contributed by atoms with van der Waals surface area (Å²) in [5.41, 5.74) is 1.40. The zero-order valence-corrected chi connectivity index (χ0v) is 12.7. The van der Waals surface area contributed by atoms with Crippen molar-refractivity contribution < 1.29 is 9.59 Å². The number of hydrogen-bond donors (Lipinski definition) is 1. The molecule has 0 saturated carbocycles. The van der Waals surface area contributed by atoms with Gasteiger partial charge in [-0.05, 0) is 38.5 Å². The third-order valence-corrected chi connectivity index (χ3v) is 2.96. The maximum Gasteiger partial charge on any atom is 0.239 e. The van der Waals surface area contributed by atoms with Gasteiger partial charge in [0, 0.05) is 12.6 Å². The number of benzene rings is 1. The fraction of sp³-hybridized carbons (Fsp3) is 0.438. The van der Waals surface area contributed by atoms with Crippen LogP contribution in [0.15, 0.2) is 24.3 Å². The van der Waals surface area contributed by atoms with Crippen molar-refractivity contribution in [1.82, 2.24) is 10.2 Å². The zero-order chi connectivity index (χ0) is 15.8. The summed E-state index contributed by atoms with van der Waals surface area (Å²) < 4.78 is 0. The van der Waals surface area contributed by atoms with Gasteiger partial charge in [0.1, 0.15) is 0 Å². The summed E-state index contributed by atoms with van der Waals surface area (Å²) in [7, 11) is 0. The molecule has 0 fully saturated rings. The van der Waals surface area contributed by atoms with Crippen molar-refractivity contribution in [3.63, 3.8) is 0 Å². The van der Waals surface area contributed by atoms with E-state index < -0.39 is 0 Å². The van der Waals surface area contributed by atoms with Gasteiger partial charge in [0.2, 0.25) is 11.8 Å². The number of nitrogens with one attached hydrogen (secondary N) is 1. The van der Waals surface area contributed by atoms with Gasteiger partial charge < -0.3 is 10.2 Å². The second-order valence-corrected chi connectivity index (χ2v) is 5.12. The van der Waals surface area contributed by atoms with Crippen LogP contribution in [-0.2, 0) is 16.0 Å². The first-order valence-electron chi connectivity index (χ1n) is 7.02. The molecule has 1 rings (SSSR count). The fourth-order valence-corrected chi connectivity index (χ4v) is 1.90. The molecule has 0 aromatic heterocycles. The van der Waals surface area contributed by atoms with Crippen LogP contribution in [0.4, 0.5) is 0 Å². The van der Waals surface area contributed by atoms with Gasteiger partial charge in [-0.1, -0.05) is 12.1 Å². The standard InChI is InChI=1S/C16H21N3O2/c1-4-19(11-15(20)18-12(2)3)16(21)9-13-5-7-14(10-17)8-6-13/h5-8,12H,4,9,11H2,1-3H3,(H,18,20). The Hall–Kier alpha value is -2.35. The number of hydrogen-bond acceptors (Lipinski definition) is 3. The van der Waals surface area contributed by atoms with Crippen LogP contribution in [-0.4, -0.2) is 35.8 Å². The predicted molar refractivity (Wildman–Crippen MR) is 80.4 cm³/mol. The molecular formula is C16H21N3O2. The summed E-state index contributed by atoms with van der Waals surface area (Å²) in [6, 6.07) is 8.99. The Morgan fingerprint density at radius 2 is 1.90 bits per heavy atom. The topological polar surface area (TPSA) is 73.2 Å². The molecule has 112 valence electrons. The minimum Gasteiger partial charge on any atom is -0.352 e. The SMILES string of the molecule is CCN(CC(=O)NC(C)C)C(=O)Cc1ccc(C#N)cc1. The van der Waals surface area contributed by atoms with Crippen LogP contribution in [0.1, 0.15) is 31.9 Å². The van der Waals surface area contributed by atoms with Crippen molar-refractivity contribution >= 4 is 11.8 Å². The molecule has 0 heterocycles. The maximum absolute atomic E-state index is 12.2. The van der Waals surface area contributed by atoms with E-state index >= 15 is 0 Å². The zero-order valence-electron chi connectivity index (χ0n) is 12.7. The molecule has 1 N–H and O–H groups in total. The summed E-state index contributed by atoms with van der Waals surface area (Å²) in [4.78, 5) is 25.4. The van der Waals surface area contributed by atoms with Crippen LogP contribution < -0.4 is 5.32 Å². The highest BCUT2D eigenvalue weighted by molar-refractivity contribution is 5.85. The molecule has 0 bridgehead atoms. The molecule has 5 heteroatoms. The Labute approximate surface area is 125 Å². The molecule has 0 radical (unpaired) electrons. The van der Waals surface area contributed by atoms with E-state index in [0.717, 1.165) is 5.56 Å². The summed E-state index contributed by atoms with van der Waals surface area (Å²) >= 11 is 0. The Morgan fingerprint density at radius 3 is 2.38 bits per heavy atom. The molecule has 0 saturated heterocycles. The fourth-order valence-electron chi connectivity index (χ4n) is 1.90. The number of nitrogens with zero attached hydrogens (tertiary/aromatic N) is 2. The third-order valence-electron chi connectivity index (χ3n) is 2.96. The van der Waals surface area contributed by atoms with Gasteiger partial charge >= 0.3 is 0 Å². The second kappa shape index (κ2) is 8.05. The number of carbonyl (C=O) groups is 2. The highest BCUT2D eigenvalue weighted by atomic mass is 16.2. The summed E-state index contributed by atoms with van der Waals surface area (Å²) in [6.07, 6.45) is 0.231. The minimum atomic E-state index is -0.153. The molecule has 5 nitrogen and oxygen atoms in total. The van der Waals surface area contributed by atoms with Gasteiger partial charge in [-0.15, -0.1) is 0 Å². The summed E-state index contributed by atoms with van der Waals surface area (Å²) in [6.45, 7) is 6.17. The van der Waals surface area contributed by atoms with Gasteiger partial charge in [-0.25, -0.2) is 0 Å². The second-order valence-electron chi connectivity index (χ2n) is 5.12. The number of nitriles is 1. The third kappa shape index (κ3) is 5.65. The summed E-state index contributed by atoms with van der Waals surface area (Å²) in [5.74, 6) is -0.249. The van der Waals surface area contributed by atoms with Crippen LogP contribution in [0.2, 0.25) is 0 Å². The largest absolute Gasteiger partial charge is 0.352 e. The molecule has 21 heavy (non-hydrogen) atoms. The number of likely N-dealkylation sites (N-methyl/N-ethyl adjacent to an activating group) is 1. The first-order valence-corrected chi connectivity index (χ1v) is 7.02. The normalized spacial score (nSPS) is 10.0. The molecule has 0 spiro atoms. The molecule has 0 aliphatic carbocycles. The number of carbonyl (C=O) groups excluding carboxylic acids is 2. The molecule has 1 aromatic rings. The van der Waals surface area contributed by atoms with Crippen LogP contribution in [0, 0.1) is 11.3 Å². The highest BCUT2D eigenvalue weighted by Gasteiger charge is 2.16. The van der Waals surface area contributed by atoms with E-state index in [1.807, 2.05) is 26.8 Å². The first-order chi connectivity index (χ1) is 9.96. The van der Waals surface area contributed by atoms with Crippen LogP contribution in [0.3, 0.4) is 0 Å². The van der Waals surface area contributed by atoms with Crippen molar-refractivity contribution in [2.45, 2.75) is 33.2 Å². The van der Waals surface area contributed by atoms with Crippen molar-refractivity contribution in [3.05, 3.63) is 35.4 Å². The van der Waals surface area contributed by atoms with Crippen molar-refractivity contribution in [3.8, 4) is 6.07 Å². The van der Waals surface area contributed by atoms with Gasteiger partial charge in [0.15, 0.2) is 0 Å². The van der Waals surface area contributed by atoms with Crippen LogP contribution in [0.25, 0.3) is 0 Å². The number of amides is 2. The van der Waals surface area contributed by atoms with Gasteiger partial charge in [-0.2, -0.15) is 5.26 Å². The maximum atomic E-state index is 12.2. The van der Waals surface area contributed by atoms with Gasteiger partial charge in [-0.3, -0.25) is 9.59 Å². The molecule has 0 aliphatic rings. The summed E-state index contributed by atoms with van der Waals surface area (Å²) in [5, 5.41) is 11.5. The smallest absolute Gasteiger partial charge is 0.239 e. The molecule has 2 amide bonds. The molecule has 0 unspecified atom stereocenters. The lowest BCUT2D eigenvalue weighted by molar-refractivity contribution is -0.135. The Morgan fingerprint density at radius 1 is 1.29 bits per heavy atom. The first kappa shape index (κ1) is 16.7. The van der Waals surface area contributed by atoms with E-state index in [0.29, 0.717) is 12.1 Å². The van der Waals surface area contributed by atoms with Crippen LogP contribution >= 0.6 is 0 Å². The molecule has 0 aliphatic heterocycles.